The van der Waals surface area contributed by atoms with Crippen LogP contribution in [-0.4, -0.2) is 32.9 Å². The van der Waals surface area contributed by atoms with Crippen molar-refractivity contribution in [3.63, 3.8) is 0 Å². The monoisotopic (exact) mass is 113 g/mol. The molecule has 0 aromatic heterocycles. The van der Waals surface area contributed by atoms with Crippen molar-refractivity contribution < 1.29 is 9.53 Å². The molecule has 1 aliphatic heterocycles. The minimum atomic E-state index is 0.0144. The van der Waals surface area contributed by atoms with Crippen molar-refractivity contribution in [2.75, 3.05) is 13.2 Å². The van der Waals surface area contributed by atoms with Gasteiger partial charge >= 0.3 is 0 Å². The maximum atomic E-state index is 10.2. The second-order valence-electron chi connectivity index (χ2n) is 1.89. The van der Waals surface area contributed by atoms with E-state index in [0.29, 0.717) is 12.6 Å². The van der Waals surface area contributed by atoms with E-state index in [1.54, 1.807) is 0 Å². The molecule has 1 aliphatic rings. The molecule has 4 heteroatoms. The quantitative estimate of drug-likeness (QED) is 0.358. The molecule has 1 saturated heterocycles. The Hall–Kier alpha value is -0.505. The topological polar surface area (TPSA) is 41.6 Å². The average molecular weight is 113 g/mol. The van der Waals surface area contributed by atoms with Crippen molar-refractivity contribution in [2.45, 2.75) is 6.10 Å². The smallest absolute Gasteiger partial charge is 0.215 e. The van der Waals surface area contributed by atoms with Gasteiger partial charge in [-0.1, -0.05) is 0 Å². The van der Waals surface area contributed by atoms with Crippen LogP contribution < -0.4 is 5.32 Å². The van der Waals surface area contributed by atoms with Gasteiger partial charge in [0, 0.05) is 6.54 Å². The molecular weight excluding hydrogens is 105 g/mol. The summed E-state index contributed by atoms with van der Waals surface area (Å²) in [4.78, 5) is 10.2. The van der Waals surface area contributed by atoms with Gasteiger partial charge in [0.2, 0.25) is 7.85 Å². The first kappa shape index (κ1) is 5.63. The molecule has 0 aliphatic carbocycles. The zero-order valence-electron chi connectivity index (χ0n) is 4.81. The Kier molecular flexibility index (Phi) is 1.53. The van der Waals surface area contributed by atoms with Crippen LogP contribution in [-0.2, 0) is 4.74 Å². The Morgan fingerprint density at radius 2 is 2.62 bits per heavy atom. The third-order valence-electron chi connectivity index (χ3n) is 0.981. The second kappa shape index (κ2) is 2.18. The van der Waals surface area contributed by atoms with Crippen LogP contribution >= 0.6 is 0 Å². The molecule has 0 radical (unpaired) electrons. The Balaban J connectivity index is 1.95. The molecule has 0 spiro atoms. The fraction of sp³-hybridized carbons (Fsp3) is 0.750. The summed E-state index contributed by atoms with van der Waals surface area (Å²) in [5.74, 6) is 0.0144. The maximum Gasteiger partial charge on any atom is 0.215 e. The highest BCUT2D eigenvalue weighted by molar-refractivity contribution is 6.57. The first-order valence-corrected chi connectivity index (χ1v) is 2.65. The molecule has 0 aromatic rings. The molecule has 3 nitrogen and oxygen atoms in total. The van der Waals surface area contributed by atoms with Crippen molar-refractivity contribution in [2.24, 2.45) is 0 Å². The summed E-state index contributed by atoms with van der Waals surface area (Å²) < 4.78 is 4.84. The molecule has 1 atom stereocenters. The van der Waals surface area contributed by atoms with Crippen LogP contribution in [0.1, 0.15) is 0 Å². The van der Waals surface area contributed by atoms with Crippen molar-refractivity contribution in [1.29, 1.82) is 0 Å². The summed E-state index contributed by atoms with van der Waals surface area (Å²) in [6.07, 6.45) is 0.305. The Bertz CT molecular complexity index is 102. The van der Waals surface area contributed by atoms with Gasteiger partial charge in [0.25, 0.3) is 0 Å². The predicted molar refractivity (Wildman–Crippen MR) is 31.7 cm³/mol. The summed E-state index contributed by atoms with van der Waals surface area (Å²) in [6.45, 7) is 1.48. The third kappa shape index (κ3) is 1.98. The minimum absolute atomic E-state index is 0.0144. The standard InChI is InChI=1S/C4H8BNO2/c5-4(7)6-1-3-2-8-3/h3H,1-2,5H2,(H,6,7)/t3-/m0/s1. The molecule has 1 heterocycles. The van der Waals surface area contributed by atoms with E-state index < -0.39 is 0 Å². The highest BCUT2D eigenvalue weighted by Gasteiger charge is 2.21. The van der Waals surface area contributed by atoms with E-state index in [2.05, 4.69) is 5.32 Å². The maximum absolute atomic E-state index is 10.2. The van der Waals surface area contributed by atoms with Gasteiger partial charge in [-0.15, -0.1) is 0 Å². The molecule has 8 heavy (non-hydrogen) atoms. The fourth-order valence-corrected chi connectivity index (χ4v) is 0.443. The summed E-state index contributed by atoms with van der Waals surface area (Å²) >= 11 is 0. The number of nitrogens with one attached hydrogen (secondary N) is 1. The highest BCUT2D eigenvalue weighted by atomic mass is 16.6. The first-order chi connectivity index (χ1) is 3.79. The van der Waals surface area contributed by atoms with Crippen LogP contribution in [0.15, 0.2) is 0 Å². The van der Waals surface area contributed by atoms with Crippen LogP contribution in [0.3, 0.4) is 0 Å². The molecule has 0 unspecified atom stereocenters. The van der Waals surface area contributed by atoms with E-state index in [9.17, 15) is 4.79 Å². The largest absolute Gasteiger partial charge is 0.371 e. The van der Waals surface area contributed by atoms with Gasteiger partial charge in [0.15, 0.2) is 5.81 Å². The molecule has 0 aromatic carbocycles. The van der Waals surface area contributed by atoms with E-state index in [1.165, 1.54) is 7.85 Å². The summed E-state index contributed by atoms with van der Waals surface area (Å²) in [7, 11) is 1.50. The molecule has 1 amide bonds. The van der Waals surface area contributed by atoms with Gasteiger partial charge in [-0.3, -0.25) is 4.79 Å². The van der Waals surface area contributed by atoms with Crippen molar-refractivity contribution in [3.8, 4) is 0 Å². The normalized spacial score (nSPS) is 24.8. The summed E-state index contributed by atoms with van der Waals surface area (Å²) in [5, 5.41) is 2.64. The Labute approximate surface area is 48.8 Å². The lowest BCUT2D eigenvalue weighted by Gasteiger charge is -1.94. The molecule has 0 saturated carbocycles. The number of ether oxygens (including phenoxy) is 1. The first-order valence-electron chi connectivity index (χ1n) is 2.65. The highest BCUT2D eigenvalue weighted by Crippen LogP contribution is 2.05. The van der Waals surface area contributed by atoms with Gasteiger partial charge in [-0.25, -0.2) is 0 Å². The van der Waals surface area contributed by atoms with E-state index in [4.69, 9.17) is 4.74 Å². The second-order valence-corrected chi connectivity index (χ2v) is 1.89. The van der Waals surface area contributed by atoms with Gasteiger partial charge < -0.3 is 10.1 Å². The minimum Gasteiger partial charge on any atom is -0.371 e. The zero-order valence-corrected chi connectivity index (χ0v) is 4.81. The number of carbonyl (C=O) groups is 1. The van der Waals surface area contributed by atoms with Crippen LogP contribution in [0.5, 0.6) is 0 Å². The van der Waals surface area contributed by atoms with Crippen molar-refractivity contribution in [1.82, 2.24) is 5.32 Å². The molecule has 44 valence electrons. The van der Waals surface area contributed by atoms with E-state index >= 15 is 0 Å². The molecule has 1 N–H and O–H groups in total. The lowest BCUT2D eigenvalue weighted by atomic mass is 10.1. The zero-order chi connectivity index (χ0) is 5.98. The lowest BCUT2D eigenvalue weighted by molar-refractivity contribution is 0.258. The van der Waals surface area contributed by atoms with Crippen molar-refractivity contribution in [3.05, 3.63) is 0 Å². The number of rotatable bonds is 2. The van der Waals surface area contributed by atoms with E-state index in [0.717, 1.165) is 6.61 Å². The molecule has 1 rings (SSSR count). The van der Waals surface area contributed by atoms with E-state index in [1.807, 2.05) is 0 Å². The van der Waals surface area contributed by atoms with Crippen LogP contribution in [0.4, 0.5) is 4.79 Å². The summed E-state index contributed by atoms with van der Waals surface area (Å²) in [6, 6.07) is 0. The van der Waals surface area contributed by atoms with E-state index in [-0.39, 0.29) is 5.81 Å². The fourth-order valence-electron chi connectivity index (χ4n) is 0.443. The van der Waals surface area contributed by atoms with Crippen LogP contribution in [0.25, 0.3) is 0 Å². The Morgan fingerprint density at radius 1 is 2.00 bits per heavy atom. The Morgan fingerprint density at radius 3 is 3.00 bits per heavy atom. The van der Waals surface area contributed by atoms with Crippen molar-refractivity contribution >= 4 is 13.7 Å². The number of carbonyl (C=O) groups excluding carboxylic acids is 1. The number of amides is 1. The average Bonchev–Trinajstić information content (AvgIpc) is 2.41. The molecule has 0 bridgehead atoms. The third-order valence-corrected chi connectivity index (χ3v) is 0.981. The van der Waals surface area contributed by atoms with Gasteiger partial charge in [-0.05, 0) is 0 Å². The van der Waals surface area contributed by atoms with Crippen LogP contribution in [0, 0.1) is 0 Å². The lowest BCUT2D eigenvalue weighted by Crippen LogP contribution is -2.25. The van der Waals surface area contributed by atoms with Crippen LogP contribution in [0.2, 0.25) is 0 Å². The van der Waals surface area contributed by atoms with Gasteiger partial charge in [-0.2, -0.15) is 0 Å². The number of hydrogen-bond acceptors (Lipinski definition) is 2. The summed E-state index contributed by atoms with van der Waals surface area (Å²) in [5.41, 5.74) is 0. The predicted octanol–water partition coefficient (Wildman–Crippen LogP) is -1.27. The number of epoxide rings is 1. The molecular formula is C4H8BNO2. The SMILES string of the molecule is BC(=O)NC[C@H]1CO1. The van der Waals surface area contributed by atoms with Gasteiger partial charge in [0.1, 0.15) is 0 Å². The van der Waals surface area contributed by atoms with Gasteiger partial charge in [0.05, 0.1) is 12.7 Å². The number of hydrogen-bond donors (Lipinski definition) is 1. The molecule has 1 fully saturated rings.